The van der Waals surface area contributed by atoms with Crippen molar-refractivity contribution in [2.45, 2.75) is 44.4 Å². The number of nitrogens with one attached hydrogen (secondary N) is 1. The fourth-order valence-corrected chi connectivity index (χ4v) is 2.41. The second-order valence-corrected chi connectivity index (χ2v) is 6.63. The van der Waals surface area contributed by atoms with Gasteiger partial charge in [0.25, 0.3) is 0 Å². The molecule has 0 saturated heterocycles. The van der Waals surface area contributed by atoms with Crippen molar-refractivity contribution in [3.05, 3.63) is 0 Å². The Morgan fingerprint density at radius 2 is 2.00 bits per heavy atom. The standard InChI is InChI=1S/C11H25NO3S/c1-5-8-12-11(7-6-9-15-3)10(2)16(4,13)14/h10-12H,5-9H2,1-4H3. The summed E-state index contributed by atoms with van der Waals surface area (Å²) >= 11 is 0. The number of methoxy groups -OCH3 is 1. The molecule has 1 N–H and O–H groups in total. The van der Waals surface area contributed by atoms with E-state index in [1.54, 1.807) is 14.0 Å². The highest BCUT2D eigenvalue weighted by Crippen LogP contribution is 2.10. The van der Waals surface area contributed by atoms with E-state index in [-0.39, 0.29) is 11.3 Å². The van der Waals surface area contributed by atoms with Crippen LogP contribution in [0.2, 0.25) is 0 Å². The topological polar surface area (TPSA) is 55.4 Å². The number of hydrogen-bond acceptors (Lipinski definition) is 4. The van der Waals surface area contributed by atoms with Crippen molar-refractivity contribution in [3.8, 4) is 0 Å². The average Bonchev–Trinajstić information content (AvgIpc) is 2.21. The van der Waals surface area contributed by atoms with Crippen molar-refractivity contribution in [2.24, 2.45) is 0 Å². The molecular weight excluding hydrogens is 226 g/mol. The summed E-state index contributed by atoms with van der Waals surface area (Å²) in [7, 11) is -1.31. The lowest BCUT2D eigenvalue weighted by Gasteiger charge is -2.23. The highest BCUT2D eigenvalue weighted by Gasteiger charge is 2.24. The summed E-state index contributed by atoms with van der Waals surface area (Å²) in [6, 6.07) is 0.0325. The predicted octanol–water partition coefficient (Wildman–Crippen LogP) is 1.21. The molecule has 0 aromatic rings. The first kappa shape index (κ1) is 15.9. The maximum Gasteiger partial charge on any atom is 0.151 e. The molecular formula is C11H25NO3S. The molecule has 16 heavy (non-hydrogen) atoms. The van der Waals surface area contributed by atoms with Gasteiger partial charge in [-0.3, -0.25) is 0 Å². The summed E-state index contributed by atoms with van der Waals surface area (Å²) in [6.07, 6.45) is 4.03. The van der Waals surface area contributed by atoms with E-state index in [1.165, 1.54) is 6.26 Å². The van der Waals surface area contributed by atoms with Crippen molar-refractivity contribution < 1.29 is 13.2 Å². The molecule has 0 aliphatic carbocycles. The summed E-state index contributed by atoms with van der Waals surface area (Å²) in [5.41, 5.74) is 0. The molecule has 0 fully saturated rings. The Morgan fingerprint density at radius 3 is 2.44 bits per heavy atom. The Hall–Kier alpha value is -0.130. The van der Waals surface area contributed by atoms with Crippen molar-refractivity contribution in [3.63, 3.8) is 0 Å². The molecule has 0 aromatic carbocycles. The van der Waals surface area contributed by atoms with Gasteiger partial charge in [-0.15, -0.1) is 0 Å². The highest BCUT2D eigenvalue weighted by atomic mass is 32.2. The van der Waals surface area contributed by atoms with E-state index in [4.69, 9.17) is 4.74 Å². The maximum atomic E-state index is 11.5. The van der Waals surface area contributed by atoms with Gasteiger partial charge in [0, 0.05) is 26.0 Å². The Balaban J connectivity index is 4.29. The Kier molecular flexibility index (Phi) is 7.97. The van der Waals surface area contributed by atoms with Gasteiger partial charge in [0.2, 0.25) is 0 Å². The highest BCUT2D eigenvalue weighted by molar-refractivity contribution is 7.91. The van der Waals surface area contributed by atoms with E-state index in [2.05, 4.69) is 12.2 Å². The quantitative estimate of drug-likeness (QED) is 0.626. The fourth-order valence-electron chi connectivity index (χ4n) is 1.58. The molecule has 0 saturated carbocycles. The van der Waals surface area contributed by atoms with E-state index in [0.717, 1.165) is 25.8 Å². The van der Waals surface area contributed by atoms with Gasteiger partial charge in [-0.25, -0.2) is 8.42 Å². The minimum Gasteiger partial charge on any atom is -0.385 e. The van der Waals surface area contributed by atoms with E-state index in [9.17, 15) is 8.42 Å². The van der Waals surface area contributed by atoms with Crippen molar-refractivity contribution in [1.82, 2.24) is 5.32 Å². The third-order valence-corrected chi connectivity index (χ3v) is 4.44. The molecule has 2 unspecified atom stereocenters. The molecule has 98 valence electrons. The van der Waals surface area contributed by atoms with Crippen molar-refractivity contribution >= 4 is 9.84 Å². The molecule has 0 radical (unpaired) electrons. The first-order chi connectivity index (χ1) is 7.43. The summed E-state index contributed by atoms with van der Waals surface area (Å²) < 4.78 is 28.0. The second kappa shape index (κ2) is 8.03. The van der Waals surface area contributed by atoms with E-state index in [0.29, 0.717) is 6.61 Å². The lowest BCUT2D eigenvalue weighted by Crippen LogP contribution is -2.42. The lowest BCUT2D eigenvalue weighted by atomic mass is 10.1. The van der Waals surface area contributed by atoms with Crippen LogP contribution in [0.25, 0.3) is 0 Å². The monoisotopic (exact) mass is 251 g/mol. The zero-order valence-electron chi connectivity index (χ0n) is 10.8. The third kappa shape index (κ3) is 6.45. The van der Waals surface area contributed by atoms with Gasteiger partial charge in [0.05, 0.1) is 5.25 Å². The number of ether oxygens (including phenoxy) is 1. The third-order valence-electron chi connectivity index (χ3n) is 2.76. The zero-order chi connectivity index (χ0) is 12.6. The minimum absolute atomic E-state index is 0.0325. The Labute approximate surface area is 99.7 Å². The number of sulfone groups is 1. The summed E-state index contributed by atoms with van der Waals surface area (Å²) in [4.78, 5) is 0. The summed E-state index contributed by atoms with van der Waals surface area (Å²) in [6.45, 7) is 5.39. The molecule has 2 atom stereocenters. The van der Waals surface area contributed by atoms with Gasteiger partial charge < -0.3 is 10.1 Å². The predicted molar refractivity (Wildman–Crippen MR) is 67.5 cm³/mol. The van der Waals surface area contributed by atoms with Gasteiger partial charge >= 0.3 is 0 Å². The molecule has 5 heteroatoms. The number of rotatable bonds is 9. The molecule has 0 bridgehead atoms. The Bertz CT molecular complexity index is 264. The minimum atomic E-state index is -2.97. The molecule has 0 heterocycles. The normalized spacial score (nSPS) is 16.0. The molecule has 4 nitrogen and oxygen atoms in total. The van der Waals surface area contributed by atoms with Gasteiger partial charge in [-0.1, -0.05) is 6.92 Å². The average molecular weight is 251 g/mol. The fraction of sp³-hybridized carbons (Fsp3) is 1.00. The number of hydrogen-bond donors (Lipinski definition) is 1. The van der Waals surface area contributed by atoms with E-state index in [1.807, 2.05) is 0 Å². The second-order valence-electron chi connectivity index (χ2n) is 4.23. The van der Waals surface area contributed by atoms with Crippen LogP contribution in [0.5, 0.6) is 0 Å². The molecule has 0 rings (SSSR count). The molecule has 0 spiro atoms. The van der Waals surface area contributed by atoms with Gasteiger partial charge in [-0.2, -0.15) is 0 Å². The molecule has 0 amide bonds. The summed E-state index contributed by atoms with van der Waals surface area (Å²) in [5, 5.41) is 2.96. The van der Waals surface area contributed by atoms with Crippen LogP contribution >= 0.6 is 0 Å². The first-order valence-electron chi connectivity index (χ1n) is 5.84. The Morgan fingerprint density at radius 1 is 1.38 bits per heavy atom. The van der Waals surface area contributed by atoms with Crippen LogP contribution in [-0.2, 0) is 14.6 Å². The van der Waals surface area contributed by atoms with Crippen LogP contribution in [0.15, 0.2) is 0 Å². The first-order valence-corrected chi connectivity index (χ1v) is 7.80. The van der Waals surface area contributed by atoms with Crippen molar-refractivity contribution in [1.29, 1.82) is 0 Å². The van der Waals surface area contributed by atoms with Crippen LogP contribution < -0.4 is 5.32 Å². The molecule has 0 aliphatic rings. The smallest absolute Gasteiger partial charge is 0.151 e. The largest absolute Gasteiger partial charge is 0.385 e. The lowest BCUT2D eigenvalue weighted by molar-refractivity contribution is 0.188. The van der Waals surface area contributed by atoms with Crippen LogP contribution in [0.1, 0.15) is 33.1 Å². The molecule has 0 aliphatic heterocycles. The van der Waals surface area contributed by atoms with Crippen LogP contribution in [0, 0.1) is 0 Å². The van der Waals surface area contributed by atoms with Crippen LogP contribution in [-0.4, -0.2) is 46.2 Å². The zero-order valence-corrected chi connectivity index (χ0v) is 11.6. The van der Waals surface area contributed by atoms with Gasteiger partial charge in [0.1, 0.15) is 0 Å². The van der Waals surface area contributed by atoms with E-state index < -0.39 is 9.84 Å². The molecule has 0 aromatic heterocycles. The van der Waals surface area contributed by atoms with Gasteiger partial charge in [0.15, 0.2) is 9.84 Å². The van der Waals surface area contributed by atoms with Crippen LogP contribution in [0.3, 0.4) is 0 Å². The van der Waals surface area contributed by atoms with Crippen molar-refractivity contribution in [2.75, 3.05) is 26.5 Å². The van der Waals surface area contributed by atoms with E-state index >= 15 is 0 Å². The summed E-state index contributed by atoms with van der Waals surface area (Å²) in [5.74, 6) is 0. The van der Waals surface area contributed by atoms with Gasteiger partial charge in [-0.05, 0) is 32.7 Å². The maximum absolute atomic E-state index is 11.5. The van der Waals surface area contributed by atoms with Crippen LogP contribution in [0.4, 0.5) is 0 Å². The SMILES string of the molecule is CCCNC(CCCOC)C(C)S(C)(=O)=O.